The molecular formula is C22H25NOS. The third-order valence-electron chi connectivity index (χ3n) is 4.71. The second-order valence-electron chi connectivity index (χ2n) is 6.53. The van der Waals surface area contributed by atoms with Gasteiger partial charge in [0.15, 0.2) is 0 Å². The Labute approximate surface area is 154 Å². The van der Waals surface area contributed by atoms with Crippen molar-refractivity contribution in [2.45, 2.75) is 43.5 Å². The molecule has 0 spiro atoms. The molecular weight excluding hydrogens is 326 g/mol. The molecule has 0 heterocycles. The maximum absolute atomic E-state index is 12.8. The fourth-order valence-corrected chi connectivity index (χ4v) is 4.10. The number of aryl methyl sites for hydroxylation is 2. The highest BCUT2D eigenvalue weighted by atomic mass is 32.2. The lowest BCUT2D eigenvalue weighted by Crippen LogP contribution is -2.27. The maximum Gasteiger partial charge on any atom is 0.252 e. The van der Waals surface area contributed by atoms with E-state index in [2.05, 4.69) is 37.0 Å². The van der Waals surface area contributed by atoms with Crippen LogP contribution < -0.4 is 5.32 Å². The molecule has 1 aliphatic carbocycles. The Morgan fingerprint density at radius 2 is 1.96 bits per heavy atom. The van der Waals surface area contributed by atoms with Crippen molar-refractivity contribution in [3.05, 3.63) is 77.4 Å². The summed E-state index contributed by atoms with van der Waals surface area (Å²) in [5.41, 5.74) is 4.84. The molecule has 25 heavy (non-hydrogen) atoms. The first kappa shape index (κ1) is 17.8. The van der Waals surface area contributed by atoms with Crippen LogP contribution in [-0.4, -0.2) is 11.7 Å². The number of amides is 1. The van der Waals surface area contributed by atoms with Crippen LogP contribution in [0.5, 0.6) is 0 Å². The molecule has 1 amide bonds. The largest absolute Gasteiger partial charge is 0.345 e. The third kappa shape index (κ3) is 4.35. The lowest BCUT2D eigenvalue weighted by Gasteiger charge is -2.20. The molecule has 2 aromatic carbocycles. The molecule has 0 aromatic heterocycles. The van der Waals surface area contributed by atoms with Gasteiger partial charge in [0.2, 0.25) is 0 Å². The van der Waals surface area contributed by atoms with Gasteiger partial charge in [-0.25, -0.2) is 0 Å². The van der Waals surface area contributed by atoms with Gasteiger partial charge in [-0.1, -0.05) is 36.4 Å². The standard InChI is InChI=1S/C22H25NOS/c1-3-14-25-21-11-7-6-10-20(21)22(24)23-16(2)18-13-12-17-8-4-5-9-19(17)15-18/h3,6-7,10-13,15-16H,1,4-5,8-9,14H2,2H3,(H,23,24). The summed E-state index contributed by atoms with van der Waals surface area (Å²) in [6.45, 7) is 5.81. The van der Waals surface area contributed by atoms with E-state index in [0.29, 0.717) is 0 Å². The van der Waals surface area contributed by atoms with E-state index in [9.17, 15) is 4.79 Å². The summed E-state index contributed by atoms with van der Waals surface area (Å²) in [5, 5.41) is 3.16. The summed E-state index contributed by atoms with van der Waals surface area (Å²) in [6, 6.07) is 14.4. The van der Waals surface area contributed by atoms with Gasteiger partial charge < -0.3 is 5.32 Å². The van der Waals surface area contributed by atoms with Crippen LogP contribution in [0.2, 0.25) is 0 Å². The second-order valence-corrected chi connectivity index (χ2v) is 7.59. The van der Waals surface area contributed by atoms with Crippen molar-refractivity contribution in [2.24, 2.45) is 0 Å². The monoisotopic (exact) mass is 351 g/mol. The van der Waals surface area contributed by atoms with Crippen LogP contribution in [0.25, 0.3) is 0 Å². The fourth-order valence-electron chi connectivity index (χ4n) is 3.31. The average molecular weight is 352 g/mol. The van der Waals surface area contributed by atoms with Gasteiger partial charge in [0.05, 0.1) is 11.6 Å². The molecule has 3 heteroatoms. The van der Waals surface area contributed by atoms with Crippen LogP contribution in [0.3, 0.4) is 0 Å². The predicted octanol–water partition coefficient (Wildman–Crippen LogP) is 5.33. The van der Waals surface area contributed by atoms with Gasteiger partial charge in [0.1, 0.15) is 0 Å². The highest BCUT2D eigenvalue weighted by Crippen LogP contribution is 2.26. The van der Waals surface area contributed by atoms with Crippen molar-refractivity contribution < 1.29 is 4.79 Å². The molecule has 1 unspecified atom stereocenters. The Morgan fingerprint density at radius 1 is 1.20 bits per heavy atom. The quantitative estimate of drug-likeness (QED) is 0.562. The van der Waals surface area contributed by atoms with E-state index in [4.69, 9.17) is 0 Å². The summed E-state index contributed by atoms with van der Waals surface area (Å²) in [5.74, 6) is 0.780. The zero-order valence-corrected chi connectivity index (χ0v) is 15.6. The highest BCUT2D eigenvalue weighted by Gasteiger charge is 2.16. The van der Waals surface area contributed by atoms with E-state index in [-0.39, 0.29) is 11.9 Å². The first-order valence-corrected chi connectivity index (χ1v) is 9.93. The number of fused-ring (bicyclic) bond motifs is 1. The minimum absolute atomic E-state index is 0.00260. The minimum atomic E-state index is -0.0163. The maximum atomic E-state index is 12.8. The molecule has 0 fully saturated rings. The van der Waals surface area contributed by atoms with Gasteiger partial charge in [-0.15, -0.1) is 18.3 Å². The topological polar surface area (TPSA) is 29.1 Å². The molecule has 0 radical (unpaired) electrons. The van der Waals surface area contributed by atoms with Gasteiger partial charge in [-0.2, -0.15) is 0 Å². The van der Waals surface area contributed by atoms with E-state index < -0.39 is 0 Å². The van der Waals surface area contributed by atoms with Crippen LogP contribution in [0, 0.1) is 0 Å². The van der Waals surface area contributed by atoms with E-state index in [0.717, 1.165) is 22.6 Å². The van der Waals surface area contributed by atoms with Gasteiger partial charge in [0.25, 0.3) is 5.91 Å². The third-order valence-corrected chi connectivity index (χ3v) is 5.78. The molecule has 1 aliphatic rings. The van der Waals surface area contributed by atoms with Gasteiger partial charge in [-0.3, -0.25) is 4.79 Å². The minimum Gasteiger partial charge on any atom is -0.345 e. The summed E-state index contributed by atoms with van der Waals surface area (Å²) in [4.78, 5) is 13.7. The van der Waals surface area contributed by atoms with E-state index in [1.165, 1.54) is 36.0 Å². The Balaban J connectivity index is 1.73. The van der Waals surface area contributed by atoms with E-state index >= 15 is 0 Å². The fraction of sp³-hybridized carbons (Fsp3) is 0.318. The molecule has 2 aromatic rings. The van der Waals surface area contributed by atoms with Crippen LogP contribution in [0.15, 0.2) is 60.0 Å². The SMILES string of the molecule is C=CCSc1ccccc1C(=O)NC(C)c1ccc2c(c1)CCCC2. The molecule has 0 saturated carbocycles. The number of rotatable bonds is 6. The first-order valence-electron chi connectivity index (χ1n) is 8.94. The van der Waals surface area contributed by atoms with E-state index in [1.54, 1.807) is 11.8 Å². The molecule has 1 atom stereocenters. The van der Waals surface area contributed by atoms with Crippen molar-refractivity contribution in [3.8, 4) is 0 Å². The highest BCUT2D eigenvalue weighted by molar-refractivity contribution is 7.99. The Kier molecular flexibility index (Phi) is 5.98. The van der Waals surface area contributed by atoms with Gasteiger partial charge >= 0.3 is 0 Å². The number of thioether (sulfide) groups is 1. The molecule has 0 aliphatic heterocycles. The molecule has 2 nitrogen and oxygen atoms in total. The van der Waals surface area contributed by atoms with Crippen molar-refractivity contribution in [1.29, 1.82) is 0 Å². The number of hydrogen-bond acceptors (Lipinski definition) is 2. The van der Waals surface area contributed by atoms with Crippen LogP contribution in [-0.2, 0) is 12.8 Å². The number of hydrogen-bond donors (Lipinski definition) is 1. The average Bonchev–Trinajstić information content (AvgIpc) is 2.66. The number of benzene rings is 2. The number of nitrogens with one attached hydrogen (secondary N) is 1. The Morgan fingerprint density at radius 3 is 2.76 bits per heavy atom. The van der Waals surface area contributed by atoms with Gasteiger partial charge in [-0.05, 0) is 61.4 Å². The molecule has 0 bridgehead atoms. The summed E-state index contributed by atoms with van der Waals surface area (Å²) >= 11 is 1.64. The van der Waals surface area contributed by atoms with E-state index in [1.807, 2.05) is 30.3 Å². The second kappa shape index (κ2) is 8.39. The van der Waals surface area contributed by atoms with Crippen molar-refractivity contribution in [3.63, 3.8) is 0 Å². The lowest BCUT2D eigenvalue weighted by atomic mass is 9.89. The normalized spacial score (nSPS) is 14.4. The lowest BCUT2D eigenvalue weighted by molar-refractivity contribution is 0.0937. The van der Waals surface area contributed by atoms with Crippen molar-refractivity contribution in [1.82, 2.24) is 5.32 Å². The number of carbonyl (C=O) groups is 1. The summed E-state index contributed by atoms with van der Waals surface area (Å²) in [6.07, 6.45) is 6.76. The molecule has 1 N–H and O–H groups in total. The molecule has 0 saturated heterocycles. The van der Waals surface area contributed by atoms with Crippen molar-refractivity contribution >= 4 is 17.7 Å². The smallest absolute Gasteiger partial charge is 0.252 e. The van der Waals surface area contributed by atoms with Crippen LogP contribution in [0.1, 0.15) is 52.9 Å². The molecule has 3 rings (SSSR count). The predicted molar refractivity (Wildman–Crippen MR) is 106 cm³/mol. The van der Waals surface area contributed by atoms with Gasteiger partial charge in [0, 0.05) is 10.6 Å². The van der Waals surface area contributed by atoms with Crippen LogP contribution >= 0.6 is 11.8 Å². The number of carbonyl (C=O) groups excluding carboxylic acids is 1. The Bertz CT molecular complexity index is 768. The Hall–Kier alpha value is -2.00. The summed E-state index contributed by atoms with van der Waals surface area (Å²) < 4.78 is 0. The summed E-state index contributed by atoms with van der Waals surface area (Å²) in [7, 11) is 0. The zero-order chi connectivity index (χ0) is 17.6. The molecule has 130 valence electrons. The van der Waals surface area contributed by atoms with Crippen molar-refractivity contribution in [2.75, 3.05) is 5.75 Å². The van der Waals surface area contributed by atoms with Crippen LogP contribution in [0.4, 0.5) is 0 Å². The zero-order valence-electron chi connectivity index (χ0n) is 14.8. The first-order chi connectivity index (χ1) is 12.2.